The Morgan fingerprint density at radius 2 is 2.35 bits per heavy atom. The summed E-state index contributed by atoms with van der Waals surface area (Å²) in [7, 11) is 0. The number of halogens is 1. The Bertz CT molecular complexity index is 228. The smallest absolute Gasteiger partial charge is 0.191 e. The topological polar surface area (TPSA) is 45.7 Å². The van der Waals surface area contributed by atoms with Crippen LogP contribution in [0.5, 0.6) is 0 Å². The first kappa shape index (κ1) is 16.7. The zero-order valence-electron chi connectivity index (χ0n) is 10.6. The van der Waals surface area contributed by atoms with Crippen molar-refractivity contribution in [3.63, 3.8) is 0 Å². The molecule has 1 heterocycles. The van der Waals surface area contributed by atoms with Gasteiger partial charge in [0, 0.05) is 26.2 Å². The minimum absolute atomic E-state index is 0. The van der Waals surface area contributed by atoms with Gasteiger partial charge in [-0.2, -0.15) is 0 Å². The number of aliphatic imine (C=N–C) groups is 1. The Morgan fingerprint density at radius 3 is 2.94 bits per heavy atom. The summed E-state index contributed by atoms with van der Waals surface area (Å²) in [4.78, 5) is 4.48. The fourth-order valence-electron chi connectivity index (χ4n) is 1.70. The molecule has 1 aliphatic heterocycles. The molecule has 0 aromatic heterocycles. The highest BCUT2D eigenvalue weighted by molar-refractivity contribution is 14.0. The molecule has 1 aliphatic rings. The molecule has 0 amide bonds. The monoisotopic (exact) mass is 353 g/mol. The zero-order valence-corrected chi connectivity index (χ0v) is 12.9. The van der Waals surface area contributed by atoms with E-state index in [0.29, 0.717) is 6.10 Å². The molecule has 2 N–H and O–H groups in total. The van der Waals surface area contributed by atoms with Crippen LogP contribution in [0.15, 0.2) is 17.6 Å². The molecule has 4 nitrogen and oxygen atoms in total. The summed E-state index contributed by atoms with van der Waals surface area (Å²) in [5.74, 6) is 0.861. The molecule has 0 bridgehead atoms. The first-order chi connectivity index (χ1) is 7.86. The van der Waals surface area contributed by atoms with Gasteiger partial charge in [-0.3, -0.25) is 4.99 Å². The van der Waals surface area contributed by atoms with Crippen LogP contribution in [0.4, 0.5) is 0 Å². The van der Waals surface area contributed by atoms with Gasteiger partial charge in [-0.25, -0.2) is 0 Å². The Hall–Kier alpha value is -0.300. The summed E-state index contributed by atoms with van der Waals surface area (Å²) >= 11 is 0. The van der Waals surface area contributed by atoms with Crippen molar-refractivity contribution < 1.29 is 4.74 Å². The number of hydrogen-bond donors (Lipinski definition) is 2. The number of ether oxygens (including phenoxy) is 1. The van der Waals surface area contributed by atoms with Gasteiger partial charge in [0.1, 0.15) is 0 Å². The van der Waals surface area contributed by atoms with E-state index < -0.39 is 0 Å². The lowest BCUT2D eigenvalue weighted by Crippen LogP contribution is -2.37. The second-order valence-corrected chi connectivity index (χ2v) is 3.85. The predicted molar refractivity (Wildman–Crippen MR) is 83.2 cm³/mol. The van der Waals surface area contributed by atoms with E-state index in [-0.39, 0.29) is 24.0 Å². The number of nitrogens with zero attached hydrogens (tertiary/aromatic N) is 1. The van der Waals surface area contributed by atoms with Crippen LogP contribution in [0, 0.1) is 0 Å². The molecule has 100 valence electrons. The molecule has 0 aromatic carbocycles. The van der Waals surface area contributed by atoms with Gasteiger partial charge in [-0.05, 0) is 26.2 Å². The predicted octanol–water partition coefficient (Wildman–Crippen LogP) is 1.91. The molecular formula is C12H24IN3O. The second-order valence-electron chi connectivity index (χ2n) is 3.85. The van der Waals surface area contributed by atoms with Crippen LogP contribution in [-0.2, 0) is 4.74 Å². The Kier molecular flexibility index (Phi) is 10.6. The third-order valence-electron chi connectivity index (χ3n) is 2.50. The molecule has 0 radical (unpaired) electrons. The van der Waals surface area contributed by atoms with E-state index in [1.807, 2.05) is 6.08 Å². The zero-order chi connectivity index (χ0) is 11.6. The molecule has 1 saturated heterocycles. The molecule has 1 rings (SSSR count). The second kappa shape index (κ2) is 10.8. The Morgan fingerprint density at radius 1 is 1.53 bits per heavy atom. The molecule has 0 aliphatic carbocycles. The van der Waals surface area contributed by atoms with Crippen molar-refractivity contribution in [3.8, 4) is 0 Å². The van der Waals surface area contributed by atoms with Crippen molar-refractivity contribution in [1.29, 1.82) is 0 Å². The van der Waals surface area contributed by atoms with Gasteiger partial charge in [-0.15, -0.1) is 30.6 Å². The van der Waals surface area contributed by atoms with E-state index in [2.05, 4.69) is 29.1 Å². The standard InChI is InChI=1S/C12H23N3O.HI/c1-3-8-14-12(13-4-2)15-9-7-11-6-5-10-16-11;/h3,11H,1,4-10H2,2H3,(H2,13,14,15);1H. The first-order valence-electron chi connectivity index (χ1n) is 6.11. The van der Waals surface area contributed by atoms with Crippen LogP contribution < -0.4 is 10.6 Å². The maximum Gasteiger partial charge on any atom is 0.191 e. The van der Waals surface area contributed by atoms with E-state index in [1.165, 1.54) is 12.8 Å². The summed E-state index contributed by atoms with van der Waals surface area (Å²) in [6.45, 7) is 9.09. The molecule has 17 heavy (non-hydrogen) atoms. The van der Waals surface area contributed by atoms with Gasteiger partial charge in [0.05, 0.1) is 6.10 Å². The van der Waals surface area contributed by atoms with Gasteiger partial charge >= 0.3 is 0 Å². The van der Waals surface area contributed by atoms with Crippen molar-refractivity contribution in [2.45, 2.75) is 32.3 Å². The Labute approximate surface area is 121 Å². The van der Waals surface area contributed by atoms with Crippen LogP contribution in [0.3, 0.4) is 0 Å². The lowest BCUT2D eigenvalue weighted by molar-refractivity contribution is 0.106. The summed E-state index contributed by atoms with van der Waals surface area (Å²) in [6.07, 6.45) is 5.65. The van der Waals surface area contributed by atoms with E-state index in [1.54, 1.807) is 0 Å². The van der Waals surface area contributed by atoms with Gasteiger partial charge < -0.3 is 15.4 Å². The van der Waals surface area contributed by atoms with Crippen LogP contribution in [-0.4, -0.2) is 38.3 Å². The number of nitrogens with one attached hydrogen (secondary N) is 2. The van der Waals surface area contributed by atoms with Crippen LogP contribution in [0.25, 0.3) is 0 Å². The quantitative estimate of drug-likeness (QED) is 0.332. The summed E-state index contributed by atoms with van der Waals surface area (Å²) in [6, 6.07) is 0. The molecule has 0 spiro atoms. The number of hydrogen-bond acceptors (Lipinski definition) is 2. The number of rotatable bonds is 6. The first-order valence-corrected chi connectivity index (χ1v) is 6.11. The van der Waals surface area contributed by atoms with E-state index >= 15 is 0 Å². The fraction of sp³-hybridized carbons (Fsp3) is 0.750. The van der Waals surface area contributed by atoms with Crippen LogP contribution in [0.1, 0.15) is 26.2 Å². The molecular weight excluding hydrogens is 329 g/mol. The summed E-state index contributed by atoms with van der Waals surface area (Å²) < 4.78 is 5.55. The van der Waals surface area contributed by atoms with Crippen LogP contribution in [0.2, 0.25) is 0 Å². The highest BCUT2D eigenvalue weighted by Crippen LogP contribution is 2.14. The van der Waals surface area contributed by atoms with E-state index in [0.717, 1.165) is 38.6 Å². The lowest BCUT2D eigenvalue weighted by Gasteiger charge is -2.10. The third-order valence-corrected chi connectivity index (χ3v) is 2.50. The van der Waals surface area contributed by atoms with Crippen molar-refractivity contribution in [2.75, 3.05) is 26.2 Å². The SMILES string of the molecule is C=CCNC(=NCCC1CCCO1)NCC.I. The van der Waals surface area contributed by atoms with Gasteiger partial charge in [-0.1, -0.05) is 6.08 Å². The molecule has 1 fully saturated rings. The highest BCUT2D eigenvalue weighted by atomic mass is 127. The third kappa shape index (κ3) is 7.59. The van der Waals surface area contributed by atoms with Gasteiger partial charge in [0.25, 0.3) is 0 Å². The maximum absolute atomic E-state index is 5.55. The van der Waals surface area contributed by atoms with Crippen molar-refractivity contribution in [3.05, 3.63) is 12.7 Å². The normalized spacial score (nSPS) is 19.6. The molecule has 1 unspecified atom stereocenters. The van der Waals surface area contributed by atoms with Crippen LogP contribution >= 0.6 is 24.0 Å². The molecule has 5 heteroatoms. The van der Waals surface area contributed by atoms with Crippen molar-refractivity contribution in [1.82, 2.24) is 10.6 Å². The average Bonchev–Trinajstić information content (AvgIpc) is 2.79. The summed E-state index contributed by atoms with van der Waals surface area (Å²) in [5, 5.41) is 6.37. The molecule has 0 aromatic rings. The number of guanidine groups is 1. The maximum atomic E-state index is 5.55. The molecule has 0 saturated carbocycles. The minimum atomic E-state index is 0. The van der Waals surface area contributed by atoms with Crippen molar-refractivity contribution >= 4 is 29.9 Å². The molecule has 1 atom stereocenters. The minimum Gasteiger partial charge on any atom is -0.378 e. The van der Waals surface area contributed by atoms with Gasteiger partial charge in [0.2, 0.25) is 0 Å². The largest absolute Gasteiger partial charge is 0.378 e. The fourth-order valence-corrected chi connectivity index (χ4v) is 1.70. The Balaban J connectivity index is 0.00000256. The van der Waals surface area contributed by atoms with E-state index in [4.69, 9.17) is 4.74 Å². The summed E-state index contributed by atoms with van der Waals surface area (Å²) in [5.41, 5.74) is 0. The van der Waals surface area contributed by atoms with Crippen molar-refractivity contribution in [2.24, 2.45) is 4.99 Å². The van der Waals surface area contributed by atoms with Gasteiger partial charge in [0.15, 0.2) is 5.96 Å². The lowest BCUT2D eigenvalue weighted by atomic mass is 10.2. The average molecular weight is 353 g/mol. The highest BCUT2D eigenvalue weighted by Gasteiger charge is 2.14. The van der Waals surface area contributed by atoms with E-state index in [9.17, 15) is 0 Å².